The maximum absolute atomic E-state index is 13.7. The highest BCUT2D eigenvalue weighted by Gasteiger charge is 2.20. The molecule has 134 valence electrons. The lowest BCUT2D eigenvalue weighted by Gasteiger charge is -2.11. The van der Waals surface area contributed by atoms with Crippen LogP contribution in [0.1, 0.15) is 12.8 Å². The summed E-state index contributed by atoms with van der Waals surface area (Å²) in [4.78, 5) is 23.9. The number of nitrogens with one attached hydrogen (secondary N) is 2. The molecule has 1 aromatic carbocycles. The molecule has 7 nitrogen and oxygen atoms in total. The van der Waals surface area contributed by atoms with Crippen LogP contribution >= 0.6 is 23.4 Å². The number of carbonyl (C=O) groups is 1. The number of aromatic amines is 1. The Bertz CT molecular complexity index is 819. The second kappa shape index (κ2) is 8.03. The number of anilines is 1. The molecular formula is C15H16ClFN4O3S. The van der Waals surface area contributed by atoms with Crippen molar-refractivity contribution in [1.82, 2.24) is 14.8 Å². The molecule has 0 aliphatic carbocycles. The number of hydrogen-bond donors (Lipinski definition) is 2. The Kier molecular flexibility index (Phi) is 5.77. The molecule has 10 heteroatoms. The Hall–Kier alpha value is -1.84. The van der Waals surface area contributed by atoms with Crippen LogP contribution in [0.15, 0.2) is 28.2 Å². The molecule has 1 aromatic heterocycles. The first-order chi connectivity index (χ1) is 12.0. The summed E-state index contributed by atoms with van der Waals surface area (Å²) < 4.78 is 20.7. The molecule has 0 bridgehead atoms. The number of aromatic nitrogens is 3. The number of rotatable bonds is 6. The van der Waals surface area contributed by atoms with Crippen molar-refractivity contribution in [2.75, 3.05) is 17.7 Å². The maximum atomic E-state index is 13.7. The first-order valence-electron chi connectivity index (χ1n) is 7.67. The summed E-state index contributed by atoms with van der Waals surface area (Å²) in [6.07, 6.45) is 1.83. The fraction of sp³-hybridized carbons (Fsp3) is 0.400. The summed E-state index contributed by atoms with van der Waals surface area (Å²) in [5.74, 6) is -1.04. The van der Waals surface area contributed by atoms with Crippen LogP contribution in [-0.2, 0) is 16.1 Å². The number of ether oxygens (including phenoxy) is 1. The van der Waals surface area contributed by atoms with E-state index >= 15 is 0 Å². The lowest BCUT2D eigenvalue weighted by atomic mass is 10.2. The fourth-order valence-corrected chi connectivity index (χ4v) is 3.39. The number of benzene rings is 1. The number of amides is 1. The molecule has 0 spiro atoms. The van der Waals surface area contributed by atoms with Crippen molar-refractivity contribution < 1.29 is 13.9 Å². The Morgan fingerprint density at radius 1 is 1.56 bits per heavy atom. The Morgan fingerprint density at radius 2 is 2.40 bits per heavy atom. The van der Waals surface area contributed by atoms with E-state index in [1.165, 1.54) is 16.7 Å². The molecule has 25 heavy (non-hydrogen) atoms. The number of carbonyl (C=O) groups excluding carboxylic acids is 1. The summed E-state index contributed by atoms with van der Waals surface area (Å²) in [6.45, 7) is 1.08. The van der Waals surface area contributed by atoms with Gasteiger partial charge in [-0.3, -0.25) is 9.36 Å². The number of H-pyrrole nitrogens is 1. The van der Waals surface area contributed by atoms with Crippen LogP contribution in [0.2, 0.25) is 5.02 Å². The summed E-state index contributed by atoms with van der Waals surface area (Å²) in [6, 6.07) is 4.00. The fourth-order valence-electron chi connectivity index (χ4n) is 2.47. The van der Waals surface area contributed by atoms with Gasteiger partial charge in [0, 0.05) is 11.6 Å². The van der Waals surface area contributed by atoms with Gasteiger partial charge in [0.2, 0.25) is 5.91 Å². The van der Waals surface area contributed by atoms with Crippen molar-refractivity contribution in [2.45, 2.75) is 30.6 Å². The summed E-state index contributed by atoms with van der Waals surface area (Å²) in [5, 5.41) is 9.41. The van der Waals surface area contributed by atoms with Crippen molar-refractivity contribution in [2.24, 2.45) is 0 Å². The van der Waals surface area contributed by atoms with Gasteiger partial charge < -0.3 is 10.1 Å². The van der Waals surface area contributed by atoms with E-state index in [0.29, 0.717) is 18.3 Å². The van der Waals surface area contributed by atoms with Gasteiger partial charge >= 0.3 is 5.69 Å². The van der Waals surface area contributed by atoms with Crippen LogP contribution in [-0.4, -0.2) is 39.1 Å². The van der Waals surface area contributed by atoms with E-state index in [4.69, 9.17) is 16.3 Å². The zero-order valence-electron chi connectivity index (χ0n) is 13.1. The normalized spacial score (nSPS) is 17.0. The minimum atomic E-state index is -0.610. The first-order valence-corrected chi connectivity index (χ1v) is 9.04. The monoisotopic (exact) mass is 386 g/mol. The number of halogens is 2. The van der Waals surface area contributed by atoms with Crippen molar-refractivity contribution in [1.29, 1.82) is 0 Å². The lowest BCUT2D eigenvalue weighted by Crippen LogP contribution is -2.25. The van der Waals surface area contributed by atoms with E-state index in [1.807, 2.05) is 0 Å². The Morgan fingerprint density at radius 3 is 3.12 bits per heavy atom. The van der Waals surface area contributed by atoms with Gasteiger partial charge in [0.1, 0.15) is 5.82 Å². The standard InChI is InChI=1S/C15H16ClFN4O3S/c16-9-3-4-12(11(17)6-9)18-13(22)8-25-15-20-19-14(23)21(15)7-10-2-1-5-24-10/h3-4,6,10H,1-2,5,7-8H2,(H,18,22)(H,19,23)/t10-/m0/s1. The molecule has 3 rings (SSSR count). The predicted octanol–water partition coefficient (Wildman–Crippen LogP) is 2.27. The zero-order chi connectivity index (χ0) is 17.8. The minimum Gasteiger partial charge on any atom is -0.376 e. The number of nitrogens with zero attached hydrogens (tertiary/aromatic N) is 2. The van der Waals surface area contributed by atoms with Crippen molar-refractivity contribution >= 4 is 35.0 Å². The highest BCUT2D eigenvalue weighted by atomic mass is 35.5. The smallest absolute Gasteiger partial charge is 0.344 e. The number of hydrogen-bond acceptors (Lipinski definition) is 5. The van der Waals surface area contributed by atoms with Crippen molar-refractivity contribution in [3.8, 4) is 0 Å². The van der Waals surface area contributed by atoms with Crippen LogP contribution in [0.3, 0.4) is 0 Å². The molecule has 1 atom stereocenters. The maximum Gasteiger partial charge on any atom is 0.344 e. The van der Waals surface area contributed by atoms with Gasteiger partial charge in [-0.05, 0) is 31.0 Å². The third kappa shape index (κ3) is 4.62. The molecule has 1 fully saturated rings. The molecule has 0 saturated carbocycles. The van der Waals surface area contributed by atoms with E-state index in [9.17, 15) is 14.0 Å². The van der Waals surface area contributed by atoms with E-state index in [2.05, 4.69) is 15.5 Å². The van der Waals surface area contributed by atoms with Crippen LogP contribution < -0.4 is 11.0 Å². The molecule has 1 amide bonds. The molecule has 2 N–H and O–H groups in total. The van der Waals surface area contributed by atoms with Gasteiger partial charge in [0.15, 0.2) is 5.16 Å². The second-order valence-corrected chi connectivity index (χ2v) is 6.90. The SMILES string of the molecule is O=C(CSc1n[nH]c(=O)n1C[C@@H]1CCCO1)Nc1ccc(Cl)cc1F. The average Bonchev–Trinajstić information content (AvgIpc) is 3.20. The number of thioether (sulfide) groups is 1. The van der Waals surface area contributed by atoms with Gasteiger partial charge in [0.25, 0.3) is 0 Å². The molecule has 0 unspecified atom stereocenters. The van der Waals surface area contributed by atoms with E-state index < -0.39 is 11.7 Å². The van der Waals surface area contributed by atoms with Crippen LogP contribution in [0, 0.1) is 5.82 Å². The molecule has 1 aliphatic rings. The van der Waals surface area contributed by atoms with Crippen LogP contribution in [0.25, 0.3) is 0 Å². The van der Waals surface area contributed by atoms with Gasteiger partial charge in [-0.25, -0.2) is 14.3 Å². The van der Waals surface area contributed by atoms with Crippen LogP contribution in [0.5, 0.6) is 0 Å². The summed E-state index contributed by atoms with van der Waals surface area (Å²) in [5.41, 5.74) is -0.295. The Labute approximate surface area is 151 Å². The molecule has 1 saturated heterocycles. The van der Waals surface area contributed by atoms with Gasteiger partial charge in [-0.15, -0.1) is 5.10 Å². The Balaban J connectivity index is 1.59. The quantitative estimate of drug-likeness (QED) is 0.743. The van der Waals surface area contributed by atoms with Gasteiger partial charge in [-0.1, -0.05) is 23.4 Å². The highest BCUT2D eigenvalue weighted by Crippen LogP contribution is 2.21. The highest BCUT2D eigenvalue weighted by molar-refractivity contribution is 7.99. The van der Waals surface area contributed by atoms with Crippen LogP contribution in [0.4, 0.5) is 10.1 Å². The second-order valence-electron chi connectivity index (χ2n) is 5.52. The van der Waals surface area contributed by atoms with Crippen molar-refractivity contribution in [3.05, 3.63) is 39.5 Å². The van der Waals surface area contributed by atoms with Gasteiger partial charge in [0.05, 0.1) is 24.1 Å². The molecule has 2 aromatic rings. The molecule has 1 aliphatic heterocycles. The predicted molar refractivity (Wildman–Crippen MR) is 92.6 cm³/mol. The van der Waals surface area contributed by atoms with Crippen molar-refractivity contribution in [3.63, 3.8) is 0 Å². The zero-order valence-corrected chi connectivity index (χ0v) is 14.7. The van der Waals surface area contributed by atoms with E-state index in [0.717, 1.165) is 30.7 Å². The molecule has 0 radical (unpaired) electrons. The summed E-state index contributed by atoms with van der Waals surface area (Å²) in [7, 11) is 0. The molecular weight excluding hydrogens is 371 g/mol. The van der Waals surface area contributed by atoms with E-state index in [-0.39, 0.29) is 28.3 Å². The first kappa shape index (κ1) is 18.0. The topological polar surface area (TPSA) is 89.0 Å². The third-order valence-corrected chi connectivity index (χ3v) is 4.88. The largest absolute Gasteiger partial charge is 0.376 e. The molecule has 2 heterocycles. The lowest BCUT2D eigenvalue weighted by molar-refractivity contribution is -0.113. The van der Waals surface area contributed by atoms with E-state index in [1.54, 1.807) is 0 Å². The third-order valence-electron chi connectivity index (χ3n) is 3.67. The minimum absolute atomic E-state index is 0.0160. The average molecular weight is 387 g/mol. The summed E-state index contributed by atoms with van der Waals surface area (Å²) >= 11 is 6.77. The van der Waals surface area contributed by atoms with Gasteiger partial charge in [-0.2, -0.15) is 0 Å².